The molecule has 1 N–H and O–H groups in total. The second kappa shape index (κ2) is 5.32. The topological polar surface area (TPSA) is 36.8 Å². The molecule has 17 heavy (non-hydrogen) atoms. The average molecular weight is 250 g/mol. The number of azo groups is 1. The lowest BCUT2D eigenvalue weighted by Gasteiger charge is -2.06. The molecule has 0 atom stereocenters. The van der Waals surface area contributed by atoms with Crippen LogP contribution in [-0.2, 0) is 0 Å². The Labute approximate surface area is 107 Å². The van der Waals surface area contributed by atoms with Crippen molar-refractivity contribution < 1.29 is 0 Å². The van der Waals surface area contributed by atoms with Gasteiger partial charge in [0, 0.05) is 29.9 Å². The fraction of sp³-hybridized carbons (Fsp3) is 0.385. The summed E-state index contributed by atoms with van der Waals surface area (Å²) in [4.78, 5) is 0. The molecule has 0 aromatic heterocycles. The van der Waals surface area contributed by atoms with Gasteiger partial charge < -0.3 is 5.32 Å². The van der Waals surface area contributed by atoms with Crippen LogP contribution in [0.2, 0.25) is 5.02 Å². The zero-order valence-electron chi connectivity index (χ0n) is 10.1. The van der Waals surface area contributed by atoms with E-state index in [1.165, 1.54) is 12.8 Å². The van der Waals surface area contributed by atoms with Crippen molar-refractivity contribution in [2.24, 2.45) is 16.1 Å². The molecule has 0 heterocycles. The Balaban J connectivity index is 2.11. The lowest BCUT2D eigenvalue weighted by molar-refractivity contribution is 0.916. The van der Waals surface area contributed by atoms with Gasteiger partial charge in [-0.15, -0.1) is 0 Å². The predicted octanol–water partition coefficient (Wildman–Crippen LogP) is 4.39. The maximum atomic E-state index is 5.91. The van der Waals surface area contributed by atoms with Crippen LogP contribution in [0.1, 0.15) is 18.4 Å². The van der Waals surface area contributed by atoms with Gasteiger partial charge in [0.2, 0.25) is 0 Å². The van der Waals surface area contributed by atoms with E-state index in [9.17, 15) is 0 Å². The Hall–Kier alpha value is -1.35. The number of nitrogens with one attached hydrogen (secondary N) is 1. The smallest absolute Gasteiger partial charge is 0.0816 e. The molecule has 0 aliphatic heterocycles. The molecule has 0 unspecified atom stereocenters. The second-order valence-corrected chi connectivity index (χ2v) is 4.68. The molecule has 1 aromatic rings. The number of nitrogens with zero attached hydrogens (tertiary/aromatic N) is 2. The Morgan fingerprint density at radius 3 is 2.82 bits per heavy atom. The van der Waals surface area contributed by atoms with Crippen LogP contribution < -0.4 is 5.32 Å². The van der Waals surface area contributed by atoms with Crippen molar-refractivity contribution >= 4 is 17.3 Å². The number of halogens is 1. The van der Waals surface area contributed by atoms with Crippen LogP contribution >= 0.6 is 11.6 Å². The first-order valence-corrected chi connectivity index (χ1v) is 6.11. The van der Waals surface area contributed by atoms with Crippen LogP contribution in [-0.4, -0.2) is 7.05 Å². The van der Waals surface area contributed by atoms with E-state index >= 15 is 0 Å². The normalized spacial score (nSPS) is 16.5. The molecule has 0 amide bonds. The minimum absolute atomic E-state index is 0.582. The molecule has 4 heteroatoms. The summed E-state index contributed by atoms with van der Waals surface area (Å²) in [5, 5.41) is 12.0. The highest BCUT2D eigenvalue weighted by molar-refractivity contribution is 6.30. The number of aryl methyl sites for hydroxylation is 1. The SMILES string of the molecule is C/N=N\C(=C/Nc1ccc(Cl)cc1C)C1CC1. The molecular formula is C13H16ClN3. The van der Waals surface area contributed by atoms with Crippen LogP contribution in [0.25, 0.3) is 0 Å². The third-order valence-electron chi connectivity index (χ3n) is 2.78. The van der Waals surface area contributed by atoms with Gasteiger partial charge in [-0.05, 0) is 43.5 Å². The molecule has 0 radical (unpaired) electrons. The Bertz CT molecular complexity index is 462. The van der Waals surface area contributed by atoms with Gasteiger partial charge in [0.05, 0.1) is 5.70 Å². The highest BCUT2D eigenvalue weighted by Gasteiger charge is 2.26. The average Bonchev–Trinajstić information content (AvgIpc) is 3.10. The monoisotopic (exact) mass is 249 g/mol. The fourth-order valence-electron chi connectivity index (χ4n) is 1.66. The molecule has 2 rings (SSSR count). The predicted molar refractivity (Wildman–Crippen MR) is 71.4 cm³/mol. The highest BCUT2D eigenvalue weighted by Crippen LogP contribution is 2.37. The third kappa shape index (κ3) is 3.30. The first kappa shape index (κ1) is 12.1. The first-order valence-electron chi connectivity index (χ1n) is 5.73. The van der Waals surface area contributed by atoms with Crippen molar-refractivity contribution in [3.8, 4) is 0 Å². The van der Waals surface area contributed by atoms with E-state index in [0.717, 1.165) is 22.0 Å². The maximum Gasteiger partial charge on any atom is 0.0816 e. The molecule has 1 aromatic carbocycles. The van der Waals surface area contributed by atoms with E-state index in [1.54, 1.807) is 7.05 Å². The summed E-state index contributed by atoms with van der Waals surface area (Å²) < 4.78 is 0. The molecule has 3 nitrogen and oxygen atoms in total. The van der Waals surface area contributed by atoms with Crippen LogP contribution in [0, 0.1) is 12.8 Å². The van der Waals surface area contributed by atoms with Crippen molar-refractivity contribution in [3.05, 3.63) is 40.7 Å². The molecule has 0 saturated heterocycles. The van der Waals surface area contributed by atoms with E-state index in [-0.39, 0.29) is 0 Å². The van der Waals surface area contributed by atoms with Gasteiger partial charge in [-0.1, -0.05) is 11.6 Å². The summed E-state index contributed by atoms with van der Waals surface area (Å²) in [7, 11) is 1.70. The van der Waals surface area contributed by atoms with E-state index in [1.807, 2.05) is 31.3 Å². The number of anilines is 1. The van der Waals surface area contributed by atoms with Gasteiger partial charge in [-0.2, -0.15) is 10.2 Å². The quantitative estimate of drug-likeness (QED) is 0.790. The number of hydrogen-bond donors (Lipinski definition) is 1. The molecule has 1 fully saturated rings. The van der Waals surface area contributed by atoms with Crippen molar-refractivity contribution in [3.63, 3.8) is 0 Å². The first-order chi connectivity index (χ1) is 8.20. The van der Waals surface area contributed by atoms with Crippen molar-refractivity contribution in [1.29, 1.82) is 0 Å². The largest absolute Gasteiger partial charge is 0.360 e. The van der Waals surface area contributed by atoms with Crippen molar-refractivity contribution in [2.75, 3.05) is 12.4 Å². The maximum absolute atomic E-state index is 5.91. The fourth-order valence-corrected chi connectivity index (χ4v) is 1.89. The number of hydrogen-bond acceptors (Lipinski definition) is 3. The standard InChI is InChI=1S/C13H16ClN3/c1-9-7-11(14)5-6-12(9)16-8-13(17-15-2)10-3-4-10/h5-8,10,16H,3-4H2,1-2H3/b13-8-,17-15-. The highest BCUT2D eigenvalue weighted by atomic mass is 35.5. The summed E-state index contributed by atoms with van der Waals surface area (Å²) in [6, 6.07) is 5.79. The number of allylic oxidation sites excluding steroid dienone is 1. The summed E-state index contributed by atoms with van der Waals surface area (Å²) in [5.41, 5.74) is 3.21. The van der Waals surface area contributed by atoms with Gasteiger partial charge in [0.25, 0.3) is 0 Å². The summed E-state index contributed by atoms with van der Waals surface area (Å²) >= 11 is 5.91. The minimum Gasteiger partial charge on any atom is -0.360 e. The third-order valence-corrected chi connectivity index (χ3v) is 3.01. The number of rotatable bonds is 4. The van der Waals surface area contributed by atoms with Gasteiger partial charge in [0.15, 0.2) is 0 Å². The van der Waals surface area contributed by atoms with Gasteiger partial charge in [0.1, 0.15) is 0 Å². The zero-order chi connectivity index (χ0) is 12.3. The Morgan fingerprint density at radius 2 is 2.24 bits per heavy atom. The molecule has 1 aliphatic carbocycles. The number of benzene rings is 1. The van der Waals surface area contributed by atoms with Crippen molar-refractivity contribution in [2.45, 2.75) is 19.8 Å². The Kier molecular flexibility index (Phi) is 3.79. The lowest BCUT2D eigenvalue weighted by atomic mass is 10.2. The van der Waals surface area contributed by atoms with Crippen LogP contribution in [0.5, 0.6) is 0 Å². The van der Waals surface area contributed by atoms with Crippen LogP contribution in [0.4, 0.5) is 5.69 Å². The lowest BCUT2D eigenvalue weighted by Crippen LogP contribution is -1.94. The summed E-state index contributed by atoms with van der Waals surface area (Å²) in [6.45, 7) is 2.03. The molecule has 0 spiro atoms. The van der Waals surface area contributed by atoms with Crippen molar-refractivity contribution in [1.82, 2.24) is 0 Å². The second-order valence-electron chi connectivity index (χ2n) is 4.25. The van der Waals surface area contributed by atoms with Gasteiger partial charge in [-0.3, -0.25) is 0 Å². The van der Waals surface area contributed by atoms with E-state index in [2.05, 4.69) is 15.5 Å². The zero-order valence-corrected chi connectivity index (χ0v) is 10.8. The van der Waals surface area contributed by atoms with Gasteiger partial charge in [-0.25, -0.2) is 0 Å². The van der Waals surface area contributed by atoms with Crippen LogP contribution in [0.15, 0.2) is 40.3 Å². The van der Waals surface area contributed by atoms with E-state index < -0.39 is 0 Å². The molecular weight excluding hydrogens is 234 g/mol. The minimum atomic E-state index is 0.582. The molecule has 90 valence electrons. The van der Waals surface area contributed by atoms with Crippen LogP contribution in [0.3, 0.4) is 0 Å². The van der Waals surface area contributed by atoms with E-state index in [0.29, 0.717) is 5.92 Å². The Morgan fingerprint density at radius 1 is 1.47 bits per heavy atom. The van der Waals surface area contributed by atoms with Gasteiger partial charge >= 0.3 is 0 Å². The van der Waals surface area contributed by atoms with E-state index in [4.69, 9.17) is 11.6 Å². The molecule has 1 aliphatic rings. The molecule has 0 bridgehead atoms. The summed E-state index contributed by atoms with van der Waals surface area (Å²) in [6.07, 6.45) is 4.37. The molecule has 1 saturated carbocycles. The summed E-state index contributed by atoms with van der Waals surface area (Å²) in [5.74, 6) is 0.582.